The minimum absolute atomic E-state index is 0.0981. The molecule has 3 aromatic carbocycles. The fraction of sp³-hybridized carbons (Fsp3) is 0.351. The number of carbonyl (C=O) groups excluding carboxylic acids is 2. The smallest absolute Gasteiger partial charge is 0.310 e. The van der Waals surface area contributed by atoms with Gasteiger partial charge in [-0.2, -0.15) is 0 Å². The molecule has 1 aromatic heterocycles. The lowest BCUT2D eigenvalue weighted by Gasteiger charge is -2.24. The number of anilines is 1. The topological polar surface area (TPSA) is 131 Å². The van der Waals surface area contributed by atoms with Crippen molar-refractivity contribution >= 4 is 17.6 Å². The summed E-state index contributed by atoms with van der Waals surface area (Å²) in [7, 11) is 3.03. The van der Waals surface area contributed by atoms with Crippen LogP contribution in [0.1, 0.15) is 62.0 Å². The molecule has 0 aliphatic carbocycles. The maximum atomic E-state index is 14.3. The number of amides is 1. The molecule has 49 heavy (non-hydrogen) atoms. The van der Waals surface area contributed by atoms with Crippen LogP contribution in [-0.2, 0) is 30.4 Å². The van der Waals surface area contributed by atoms with Gasteiger partial charge in [0.05, 0.1) is 29.9 Å². The Balaban J connectivity index is 1.75. The molecule has 1 amide bonds. The molecule has 0 saturated heterocycles. The number of hydrogen-bond acceptors (Lipinski definition) is 8. The van der Waals surface area contributed by atoms with E-state index >= 15 is 0 Å². The Morgan fingerprint density at radius 2 is 1.49 bits per heavy atom. The summed E-state index contributed by atoms with van der Waals surface area (Å²) in [6, 6.07) is 25.1. The van der Waals surface area contributed by atoms with E-state index in [9.17, 15) is 24.1 Å². The first-order valence-electron chi connectivity index (χ1n) is 16.0. The molecule has 0 spiro atoms. The molecule has 1 heterocycles. The van der Waals surface area contributed by atoms with E-state index in [-0.39, 0.29) is 24.1 Å². The van der Waals surface area contributed by atoms with Crippen LogP contribution in [0.2, 0.25) is 0 Å². The second kappa shape index (κ2) is 17.4. The van der Waals surface area contributed by atoms with Crippen molar-refractivity contribution in [1.82, 2.24) is 4.57 Å². The molecular weight excluding hydrogens is 633 g/mol. The number of esters is 1. The molecule has 0 saturated carbocycles. The highest BCUT2D eigenvalue weighted by molar-refractivity contribution is 6.12. The summed E-state index contributed by atoms with van der Waals surface area (Å²) in [6.45, 7) is 5.71. The fourth-order valence-electron chi connectivity index (χ4n) is 5.93. The summed E-state index contributed by atoms with van der Waals surface area (Å²) in [5.74, 6) is -1.47. The Labute approximate surface area is 285 Å². The first-order valence-corrected chi connectivity index (χ1v) is 16.0. The van der Waals surface area contributed by atoms with Crippen LogP contribution in [0.15, 0.2) is 84.9 Å². The largest absolute Gasteiger partial charge is 0.435 e. The number of rotatable bonds is 17. The van der Waals surface area contributed by atoms with Crippen LogP contribution in [0.5, 0.6) is 0 Å². The van der Waals surface area contributed by atoms with Gasteiger partial charge in [0.1, 0.15) is 5.82 Å². The van der Waals surface area contributed by atoms with Gasteiger partial charge in [-0.3, -0.25) is 14.4 Å². The predicted molar refractivity (Wildman–Crippen MR) is 183 cm³/mol. The van der Waals surface area contributed by atoms with Crippen LogP contribution < -0.4 is 5.32 Å². The number of ether oxygens (including phenoxy) is 3. The number of nitrogens with zero attached hydrogens (tertiary/aromatic N) is 2. The van der Waals surface area contributed by atoms with Gasteiger partial charge >= 0.3 is 5.97 Å². The van der Waals surface area contributed by atoms with E-state index in [4.69, 9.17) is 14.2 Å². The highest BCUT2D eigenvalue weighted by Gasteiger charge is 2.31. The number of benzene rings is 3. The molecule has 1 unspecified atom stereocenters. The Morgan fingerprint density at radius 3 is 2.06 bits per heavy atom. The molecule has 12 heteroatoms. The lowest BCUT2D eigenvalue weighted by molar-refractivity contribution is -0.777. The third-order valence-corrected chi connectivity index (χ3v) is 8.08. The van der Waals surface area contributed by atoms with Crippen molar-refractivity contribution in [2.75, 3.05) is 19.5 Å². The average Bonchev–Trinajstić information content (AvgIpc) is 3.42. The number of para-hydroxylation sites is 1. The van der Waals surface area contributed by atoms with Crippen LogP contribution in [0.3, 0.4) is 0 Å². The normalized spacial score (nSPS) is 13.0. The van der Waals surface area contributed by atoms with Gasteiger partial charge in [0, 0.05) is 44.1 Å². The van der Waals surface area contributed by atoms with Crippen LogP contribution in [0, 0.1) is 15.9 Å². The predicted octanol–water partition coefficient (Wildman–Crippen LogP) is 7.63. The van der Waals surface area contributed by atoms with Crippen molar-refractivity contribution in [1.29, 1.82) is 0 Å². The lowest BCUT2D eigenvalue weighted by atomic mass is 9.94. The minimum atomic E-state index is -1.36. The fourth-order valence-corrected chi connectivity index (χ4v) is 5.93. The highest BCUT2D eigenvalue weighted by atomic mass is 19.1. The molecule has 11 nitrogen and oxygen atoms in total. The van der Waals surface area contributed by atoms with E-state index in [0.29, 0.717) is 30.6 Å². The molecule has 1 N–H and O–H groups in total. The number of aromatic nitrogens is 1. The Hall–Kier alpha value is -5.07. The zero-order chi connectivity index (χ0) is 35.5. The van der Waals surface area contributed by atoms with Gasteiger partial charge in [0.25, 0.3) is 11.0 Å². The molecule has 0 radical (unpaired) electrons. The van der Waals surface area contributed by atoms with Gasteiger partial charge in [0.15, 0.2) is 0 Å². The number of carbonyl (C=O) groups is 2. The van der Waals surface area contributed by atoms with Gasteiger partial charge in [-0.15, -0.1) is 10.1 Å². The number of nitrogens with one attached hydrogen (secondary N) is 1. The standard InChI is InChI=1S/C37H42FN3O8/c1-24(2)35-34(37(43)39-29-14-10-7-11-15-29)33(26-12-8-6-9-13-26)36(27-16-18-28(38)19-17-27)40(35)21-20-30(46-4)22-31(47-5)23-32(42)48-25(3)49-41(44)45/h6-19,24-25,30-31H,20-23H2,1-5H3,(H,39,43)/t25?,30-,31-/m1/s1. The molecule has 4 aromatic rings. The van der Waals surface area contributed by atoms with E-state index in [1.54, 1.807) is 19.2 Å². The van der Waals surface area contributed by atoms with Crippen molar-refractivity contribution in [3.63, 3.8) is 0 Å². The summed E-state index contributed by atoms with van der Waals surface area (Å²) in [4.78, 5) is 41.6. The number of methoxy groups -OCH3 is 2. The second-order valence-electron chi connectivity index (χ2n) is 11.8. The summed E-state index contributed by atoms with van der Waals surface area (Å²) < 4.78 is 32.7. The van der Waals surface area contributed by atoms with Crippen LogP contribution in [-0.4, -0.2) is 54.2 Å². The van der Waals surface area contributed by atoms with Gasteiger partial charge < -0.3 is 24.1 Å². The van der Waals surface area contributed by atoms with E-state index in [1.165, 1.54) is 26.2 Å². The molecule has 0 aliphatic rings. The van der Waals surface area contributed by atoms with Crippen LogP contribution in [0.4, 0.5) is 10.1 Å². The maximum absolute atomic E-state index is 14.3. The summed E-state index contributed by atoms with van der Waals surface area (Å²) in [5.41, 5.74) is 5.02. The van der Waals surface area contributed by atoms with Crippen LogP contribution >= 0.6 is 0 Å². The van der Waals surface area contributed by atoms with Crippen molar-refractivity contribution in [3.8, 4) is 22.4 Å². The van der Waals surface area contributed by atoms with Gasteiger partial charge in [-0.05, 0) is 66.8 Å². The molecule has 0 aliphatic heterocycles. The van der Waals surface area contributed by atoms with Crippen molar-refractivity contribution < 1.29 is 38.1 Å². The number of halogens is 1. The first-order chi connectivity index (χ1) is 23.5. The zero-order valence-electron chi connectivity index (χ0n) is 28.3. The SMILES string of the molecule is CO[C@H](CCn1c(-c2ccc(F)cc2)c(-c2ccccc2)c(C(=O)Nc2ccccc2)c1C(C)C)C[C@H](CC(=O)OC(C)O[N+](=O)[O-])OC. The van der Waals surface area contributed by atoms with E-state index in [0.717, 1.165) is 28.1 Å². The molecule has 0 bridgehead atoms. The van der Waals surface area contributed by atoms with Crippen molar-refractivity contribution in [2.24, 2.45) is 0 Å². The molecule has 260 valence electrons. The maximum Gasteiger partial charge on any atom is 0.310 e. The Kier molecular flexibility index (Phi) is 13.0. The Bertz CT molecular complexity index is 1690. The third kappa shape index (κ3) is 9.74. The van der Waals surface area contributed by atoms with Crippen LogP contribution in [0.25, 0.3) is 22.4 Å². The molecular formula is C37H42FN3O8. The first kappa shape index (κ1) is 36.8. The van der Waals surface area contributed by atoms with Gasteiger partial charge in [0.2, 0.25) is 6.29 Å². The minimum Gasteiger partial charge on any atom is -0.435 e. The second-order valence-corrected chi connectivity index (χ2v) is 11.8. The van der Waals surface area contributed by atoms with E-state index in [2.05, 4.69) is 14.7 Å². The lowest BCUT2D eigenvalue weighted by Crippen LogP contribution is -2.28. The highest BCUT2D eigenvalue weighted by Crippen LogP contribution is 2.42. The average molecular weight is 676 g/mol. The molecule has 0 fully saturated rings. The monoisotopic (exact) mass is 675 g/mol. The van der Waals surface area contributed by atoms with Crippen molar-refractivity contribution in [3.05, 3.63) is 112 Å². The van der Waals surface area contributed by atoms with Gasteiger partial charge in [-0.1, -0.05) is 62.4 Å². The number of hydrogen-bond donors (Lipinski definition) is 1. The Morgan fingerprint density at radius 1 is 0.878 bits per heavy atom. The third-order valence-electron chi connectivity index (χ3n) is 8.08. The van der Waals surface area contributed by atoms with E-state index < -0.39 is 29.6 Å². The van der Waals surface area contributed by atoms with Gasteiger partial charge in [-0.25, -0.2) is 4.39 Å². The summed E-state index contributed by atoms with van der Waals surface area (Å²) in [6.07, 6.45) is -1.77. The molecule has 3 atom stereocenters. The summed E-state index contributed by atoms with van der Waals surface area (Å²) in [5, 5.41) is 12.6. The quantitative estimate of drug-likeness (QED) is 0.0523. The summed E-state index contributed by atoms with van der Waals surface area (Å²) >= 11 is 0. The molecule has 4 rings (SSSR count). The zero-order valence-corrected chi connectivity index (χ0v) is 28.3. The van der Waals surface area contributed by atoms with E-state index in [1.807, 2.05) is 74.5 Å². The van der Waals surface area contributed by atoms with Crippen molar-refractivity contribution in [2.45, 2.75) is 71.0 Å².